The van der Waals surface area contributed by atoms with Crippen molar-refractivity contribution in [1.29, 1.82) is 0 Å². The van der Waals surface area contributed by atoms with Gasteiger partial charge in [-0.3, -0.25) is 0 Å². The molecule has 3 heteroatoms. The minimum absolute atomic E-state index is 0.301. The Balaban J connectivity index is 1.85. The minimum atomic E-state index is 0.301. The third-order valence-electron chi connectivity index (χ3n) is 4.27. The Bertz CT molecular complexity index is 206. The number of nitrogens with one attached hydrogen (secondary N) is 1. The highest BCUT2D eigenvalue weighted by atomic mass is 16.5. The van der Waals surface area contributed by atoms with Crippen molar-refractivity contribution < 1.29 is 4.74 Å². The van der Waals surface area contributed by atoms with Gasteiger partial charge in [0.1, 0.15) is 0 Å². The summed E-state index contributed by atoms with van der Waals surface area (Å²) in [6.45, 7) is 4.61. The van der Waals surface area contributed by atoms with Crippen LogP contribution in [0.15, 0.2) is 0 Å². The van der Waals surface area contributed by atoms with Crippen LogP contribution >= 0.6 is 0 Å². The number of rotatable bonds is 4. The molecule has 0 spiro atoms. The molecule has 3 nitrogen and oxygen atoms in total. The molecular weight excluding hydrogens is 200 g/mol. The number of methoxy groups -OCH3 is 1. The van der Waals surface area contributed by atoms with Gasteiger partial charge in [-0.25, -0.2) is 0 Å². The number of likely N-dealkylation sites (tertiary alicyclic amines) is 1. The minimum Gasteiger partial charge on any atom is -0.383 e. The monoisotopic (exact) mass is 226 g/mol. The summed E-state index contributed by atoms with van der Waals surface area (Å²) in [5.41, 5.74) is 0.301. The van der Waals surface area contributed by atoms with E-state index < -0.39 is 0 Å². The topological polar surface area (TPSA) is 24.5 Å². The van der Waals surface area contributed by atoms with Crippen LogP contribution in [-0.2, 0) is 4.74 Å². The van der Waals surface area contributed by atoms with Gasteiger partial charge in [0.2, 0.25) is 0 Å². The number of ether oxygens (including phenoxy) is 1. The lowest BCUT2D eigenvalue weighted by atomic mass is 9.82. The zero-order valence-electron chi connectivity index (χ0n) is 10.8. The average molecular weight is 226 g/mol. The fraction of sp³-hybridized carbons (Fsp3) is 1.00. The highest BCUT2D eigenvalue weighted by Crippen LogP contribution is 2.31. The largest absolute Gasteiger partial charge is 0.383 e. The molecule has 16 heavy (non-hydrogen) atoms. The van der Waals surface area contributed by atoms with E-state index in [1.807, 2.05) is 7.11 Å². The fourth-order valence-electron chi connectivity index (χ4n) is 3.32. The molecule has 1 unspecified atom stereocenters. The quantitative estimate of drug-likeness (QED) is 0.786. The maximum absolute atomic E-state index is 5.42. The van der Waals surface area contributed by atoms with Gasteiger partial charge in [0.25, 0.3) is 0 Å². The predicted octanol–water partition coefficient (Wildman–Crippen LogP) is 1.49. The summed E-state index contributed by atoms with van der Waals surface area (Å²) in [6.07, 6.45) is 6.66. The summed E-state index contributed by atoms with van der Waals surface area (Å²) in [4.78, 5) is 2.45. The zero-order valence-corrected chi connectivity index (χ0v) is 10.8. The standard InChI is InChI=1S/C13H26N2O/c1-15-8-4-12(5-9-15)10-13(11-16-2)6-3-7-14-13/h12,14H,3-11H2,1-2H3. The Morgan fingerprint density at radius 2 is 2.12 bits per heavy atom. The Labute approximate surface area is 99.5 Å². The molecule has 2 aliphatic rings. The van der Waals surface area contributed by atoms with Crippen molar-refractivity contribution in [2.45, 2.75) is 37.6 Å². The zero-order chi connectivity index (χ0) is 11.4. The van der Waals surface area contributed by atoms with E-state index in [9.17, 15) is 0 Å². The molecular formula is C13H26N2O. The lowest BCUT2D eigenvalue weighted by Gasteiger charge is -2.36. The molecule has 0 saturated carbocycles. The van der Waals surface area contributed by atoms with Crippen molar-refractivity contribution in [3.8, 4) is 0 Å². The van der Waals surface area contributed by atoms with Gasteiger partial charge >= 0.3 is 0 Å². The van der Waals surface area contributed by atoms with Crippen LogP contribution in [0.2, 0.25) is 0 Å². The molecule has 94 valence electrons. The summed E-state index contributed by atoms with van der Waals surface area (Å²) in [5, 5.41) is 3.69. The van der Waals surface area contributed by atoms with Gasteiger partial charge in [-0.15, -0.1) is 0 Å². The molecule has 0 aromatic heterocycles. The average Bonchev–Trinajstić information content (AvgIpc) is 2.71. The van der Waals surface area contributed by atoms with Crippen LogP contribution in [0, 0.1) is 5.92 Å². The fourth-order valence-corrected chi connectivity index (χ4v) is 3.32. The predicted molar refractivity (Wildman–Crippen MR) is 66.7 cm³/mol. The third kappa shape index (κ3) is 2.96. The van der Waals surface area contributed by atoms with Crippen molar-refractivity contribution in [1.82, 2.24) is 10.2 Å². The lowest BCUT2D eigenvalue weighted by molar-refractivity contribution is 0.0896. The van der Waals surface area contributed by atoms with E-state index in [0.29, 0.717) is 5.54 Å². The van der Waals surface area contributed by atoms with E-state index in [1.165, 1.54) is 51.7 Å². The van der Waals surface area contributed by atoms with E-state index in [4.69, 9.17) is 4.74 Å². The maximum atomic E-state index is 5.42. The first-order valence-corrected chi connectivity index (χ1v) is 6.67. The molecule has 2 aliphatic heterocycles. The van der Waals surface area contributed by atoms with E-state index in [2.05, 4.69) is 17.3 Å². The second kappa shape index (κ2) is 5.48. The van der Waals surface area contributed by atoms with E-state index in [-0.39, 0.29) is 0 Å². The molecule has 0 radical (unpaired) electrons. The molecule has 0 aromatic carbocycles. The number of piperidine rings is 1. The van der Waals surface area contributed by atoms with Gasteiger partial charge in [0.05, 0.1) is 6.61 Å². The van der Waals surface area contributed by atoms with E-state index in [1.54, 1.807) is 0 Å². The highest BCUT2D eigenvalue weighted by Gasteiger charge is 2.36. The summed E-state index contributed by atoms with van der Waals surface area (Å²) < 4.78 is 5.42. The maximum Gasteiger partial charge on any atom is 0.0644 e. The van der Waals surface area contributed by atoms with Gasteiger partial charge in [-0.2, -0.15) is 0 Å². The van der Waals surface area contributed by atoms with Crippen LogP contribution in [0.1, 0.15) is 32.1 Å². The molecule has 2 saturated heterocycles. The van der Waals surface area contributed by atoms with Crippen LogP contribution < -0.4 is 5.32 Å². The second-order valence-corrected chi connectivity index (χ2v) is 5.69. The molecule has 2 fully saturated rings. The summed E-state index contributed by atoms with van der Waals surface area (Å²) >= 11 is 0. The second-order valence-electron chi connectivity index (χ2n) is 5.69. The Kier molecular flexibility index (Phi) is 4.22. The van der Waals surface area contributed by atoms with E-state index in [0.717, 1.165) is 12.5 Å². The lowest BCUT2D eigenvalue weighted by Crippen LogP contribution is -2.47. The van der Waals surface area contributed by atoms with Crippen molar-refractivity contribution in [2.24, 2.45) is 5.92 Å². The number of hydrogen-bond acceptors (Lipinski definition) is 3. The van der Waals surface area contributed by atoms with Gasteiger partial charge in [0.15, 0.2) is 0 Å². The molecule has 0 bridgehead atoms. The van der Waals surface area contributed by atoms with Gasteiger partial charge in [0, 0.05) is 12.6 Å². The first-order chi connectivity index (χ1) is 7.74. The molecule has 2 rings (SSSR count). The summed E-state index contributed by atoms with van der Waals surface area (Å²) in [5.74, 6) is 0.900. The van der Waals surface area contributed by atoms with Gasteiger partial charge in [-0.05, 0) is 64.7 Å². The van der Waals surface area contributed by atoms with E-state index >= 15 is 0 Å². The molecule has 2 heterocycles. The Morgan fingerprint density at radius 3 is 2.69 bits per heavy atom. The SMILES string of the molecule is COCC1(CC2CCN(C)CC2)CCCN1. The normalized spacial score (nSPS) is 33.4. The van der Waals surface area contributed by atoms with Crippen LogP contribution in [0.5, 0.6) is 0 Å². The van der Waals surface area contributed by atoms with Crippen LogP contribution in [0.3, 0.4) is 0 Å². The van der Waals surface area contributed by atoms with Gasteiger partial charge in [-0.1, -0.05) is 0 Å². The summed E-state index contributed by atoms with van der Waals surface area (Å²) in [6, 6.07) is 0. The molecule has 0 aromatic rings. The summed E-state index contributed by atoms with van der Waals surface area (Å²) in [7, 11) is 4.06. The molecule has 1 atom stereocenters. The van der Waals surface area contributed by atoms with Crippen molar-refractivity contribution in [3.63, 3.8) is 0 Å². The Hall–Kier alpha value is -0.120. The van der Waals surface area contributed by atoms with Crippen LogP contribution in [-0.4, -0.2) is 50.8 Å². The molecule has 0 aliphatic carbocycles. The number of nitrogens with zero attached hydrogens (tertiary/aromatic N) is 1. The smallest absolute Gasteiger partial charge is 0.0644 e. The third-order valence-corrected chi connectivity index (χ3v) is 4.27. The van der Waals surface area contributed by atoms with Crippen molar-refractivity contribution in [3.05, 3.63) is 0 Å². The van der Waals surface area contributed by atoms with Gasteiger partial charge < -0.3 is 15.0 Å². The van der Waals surface area contributed by atoms with Crippen LogP contribution in [0.25, 0.3) is 0 Å². The molecule has 0 amide bonds. The first kappa shape index (κ1) is 12.3. The first-order valence-electron chi connectivity index (χ1n) is 6.67. The highest BCUT2D eigenvalue weighted by molar-refractivity contribution is 4.95. The Morgan fingerprint density at radius 1 is 1.38 bits per heavy atom. The van der Waals surface area contributed by atoms with Crippen molar-refractivity contribution >= 4 is 0 Å². The number of hydrogen-bond donors (Lipinski definition) is 1. The van der Waals surface area contributed by atoms with Crippen LogP contribution in [0.4, 0.5) is 0 Å². The van der Waals surface area contributed by atoms with Crippen molar-refractivity contribution in [2.75, 3.05) is 40.4 Å². The molecule has 1 N–H and O–H groups in total.